The summed E-state index contributed by atoms with van der Waals surface area (Å²) >= 11 is 0. The van der Waals surface area contributed by atoms with Crippen molar-refractivity contribution < 1.29 is 5.48 Å². The van der Waals surface area contributed by atoms with Crippen LogP contribution in [0.5, 0.6) is 0 Å². The van der Waals surface area contributed by atoms with E-state index in [2.05, 4.69) is 21.9 Å². The lowest BCUT2D eigenvalue weighted by atomic mass is 10.3. The van der Waals surface area contributed by atoms with Gasteiger partial charge in [-0.3, -0.25) is 16.8 Å². The standard InChI is InChI=1S/C7H6N2.H4N2.H2O/c1-2-4-7-6(3-1)5-8-9-7;1-2;/h1-5H,(H,8,9);1-2H2;1H2. The molecule has 1 aromatic carbocycles. The molecule has 0 fully saturated rings. The van der Waals surface area contributed by atoms with Crippen molar-refractivity contribution >= 4 is 10.9 Å². The van der Waals surface area contributed by atoms with Crippen LogP contribution < -0.4 is 11.7 Å². The molecule has 0 spiro atoms. The number of rotatable bonds is 0. The number of nitrogens with two attached hydrogens (primary N) is 2. The van der Waals surface area contributed by atoms with E-state index in [1.165, 1.54) is 0 Å². The summed E-state index contributed by atoms with van der Waals surface area (Å²) in [6.45, 7) is 0. The zero-order valence-corrected chi connectivity index (χ0v) is 6.49. The maximum Gasteiger partial charge on any atom is 0.0650 e. The molecule has 12 heavy (non-hydrogen) atoms. The molecule has 0 unspecified atom stereocenters. The third-order valence-corrected chi connectivity index (χ3v) is 1.35. The van der Waals surface area contributed by atoms with Gasteiger partial charge in [-0.2, -0.15) is 5.10 Å². The molecule has 2 rings (SSSR count). The molecule has 1 aromatic heterocycles. The normalized spacial score (nSPS) is 8.17. The van der Waals surface area contributed by atoms with Gasteiger partial charge in [-0.1, -0.05) is 18.2 Å². The van der Waals surface area contributed by atoms with Gasteiger partial charge in [-0.15, -0.1) is 0 Å². The van der Waals surface area contributed by atoms with E-state index >= 15 is 0 Å². The molecule has 0 aliphatic rings. The van der Waals surface area contributed by atoms with E-state index in [9.17, 15) is 0 Å². The van der Waals surface area contributed by atoms with Crippen LogP contribution in [0.15, 0.2) is 30.5 Å². The summed E-state index contributed by atoms with van der Waals surface area (Å²) in [5.74, 6) is 8.00. The Balaban J connectivity index is 0.000000378. The number of nitrogens with one attached hydrogen (secondary N) is 1. The predicted octanol–water partition coefficient (Wildman–Crippen LogP) is -0.443. The van der Waals surface area contributed by atoms with Gasteiger partial charge in [0.05, 0.1) is 11.7 Å². The van der Waals surface area contributed by atoms with Crippen LogP contribution in [-0.4, -0.2) is 15.7 Å². The topological polar surface area (TPSA) is 112 Å². The van der Waals surface area contributed by atoms with Crippen molar-refractivity contribution in [2.24, 2.45) is 11.7 Å². The number of nitrogens with zero attached hydrogens (tertiary/aromatic N) is 1. The van der Waals surface area contributed by atoms with E-state index in [0.717, 1.165) is 10.9 Å². The summed E-state index contributed by atoms with van der Waals surface area (Å²) in [4.78, 5) is 0. The lowest BCUT2D eigenvalue weighted by molar-refractivity contribution is 0.824. The fourth-order valence-electron chi connectivity index (χ4n) is 0.883. The van der Waals surface area contributed by atoms with E-state index < -0.39 is 0 Å². The summed E-state index contributed by atoms with van der Waals surface area (Å²) < 4.78 is 0. The number of benzene rings is 1. The first-order chi connectivity index (χ1) is 5.47. The van der Waals surface area contributed by atoms with E-state index in [1.54, 1.807) is 0 Å². The molecule has 5 nitrogen and oxygen atoms in total. The average molecular weight is 168 g/mol. The van der Waals surface area contributed by atoms with Crippen molar-refractivity contribution in [3.63, 3.8) is 0 Å². The van der Waals surface area contributed by atoms with Gasteiger partial charge < -0.3 is 5.48 Å². The van der Waals surface area contributed by atoms with Gasteiger partial charge >= 0.3 is 0 Å². The van der Waals surface area contributed by atoms with Crippen molar-refractivity contribution in [2.75, 3.05) is 0 Å². The average Bonchev–Trinajstić information content (AvgIpc) is 2.55. The molecule has 7 N–H and O–H groups in total. The molecular weight excluding hydrogens is 156 g/mol. The van der Waals surface area contributed by atoms with Gasteiger partial charge in [0.25, 0.3) is 0 Å². The SMILES string of the molecule is NN.O.c1ccc2[nH]ncc2c1. The Morgan fingerprint density at radius 2 is 1.83 bits per heavy atom. The summed E-state index contributed by atoms with van der Waals surface area (Å²) in [6.07, 6.45) is 1.81. The number of fused-ring (bicyclic) bond motifs is 1. The summed E-state index contributed by atoms with van der Waals surface area (Å²) in [5.41, 5.74) is 1.09. The molecule has 0 atom stereocenters. The van der Waals surface area contributed by atoms with E-state index in [-0.39, 0.29) is 5.48 Å². The number of aromatic amines is 1. The molecule has 0 aliphatic heterocycles. The third-order valence-electron chi connectivity index (χ3n) is 1.35. The first kappa shape index (κ1) is 10.6. The van der Waals surface area contributed by atoms with Crippen LogP contribution in [0, 0.1) is 0 Å². The molecule has 0 amide bonds. The fraction of sp³-hybridized carbons (Fsp3) is 0. The first-order valence-electron chi connectivity index (χ1n) is 3.18. The maximum atomic E-state index is 4.00. The monoisotopic (exact) mass is 168 g/mol. The fourth-order valence-corrected chi connectivity index (χ4v) is 0.883. The number of H-pyrrole nitrogens is 1. The van der Waals surface area contributed by atoms with Crippen molar-refractivity contribution in [3.8, 4) is 0 Å². The highest BCUT2D eigenvalue weighted by atomic mass is 16.0. The molecule has 0 bridgehead atoms. The second-order valence-electron chi connectivity index (χ2n) is 1.96. The first-order valence-corrected chi connectivity index (χ1v) is 3.18. The van der Waals surface area contributed by atoms with E-state index in [1.807, 2.05) is 30.5 Å². The highest BCUT2D eigenvalue weighted by Gasteiger charge is 1.88. The van der Waals surface area contributed by atoms with Crippen LogP contribution in [0.3, 0.4) is 0 Å². The molecule has 0 radical (unpaired) electrons. The van der Waals surface area contributed by atoms with E-state index in [4.69, 9.17) is 0 Å². The van der Waals surface area contributed by atoms with Gasteiger partial charge in [0.15, 0.2) is 0 Å². The molecule has 5 heteroatoms. The largest absolute Gasteiger partial charge is 0.412 e. The maximum absolute atomic E-state index is 4.00. The number of aromatic nitrogens is 2. The second kappa shape index (κ2) is 5.25. The molecular formula is C7H12N4O. The Labute approximate surface area is 69.6 Å². The Hall–Kier alpha value is -1.43. The minimum atomic E-state index is 0. The summed E-state index contributed by atoms with van der Waals surface area (Å²) in [5, 5.41) is 7.91. The van der Waals surface area contributed by atoms with Crippen LogP contribution in [0.4, 0.5) is 0 Å². The van der Waals surface area contributed by atoms with Gasteiger partial charge in [0.2, 0.25) is 0 Å². The molecule has 0 aliphatic carbocycles. The van der Waals surface area contributed by atoms with Gasteiger partial charge in [0, 0.05) is 5.39 Å². The van der Waals surface area contributed by atoms with Gasteiger partial charge in [0.1, 0.15) is 0 Å². The molecule has 66 valence electrons. The summed E-state index contributed by atoms with van der Waals surface area (Å²) in [6, 6.07) is 8.01. The minimum Gasteiger partial charge on any atom is -0.412 e. The lowest BCUT2D eigenvalue weighted by Gasteiger charge is -1.81. The predicted molar refractivity (Wildman–Crippen MR) is 48.1 cm³/mol. The van der Waals surface area contributed by atoms with Crippen LogP contribution in [-0.2, 0) is 0 Å². The Morgan fingerprint density at radius 1 is 1.17 bits per heavy atom. The van der Waals surface area contributed by atoms with Gasteiger partial charge in [-0.05, 0) is 6.07 Å². The zero-order valence-electron chi connectivity index (χ0n) is 6.49. The number of hydrogen-bond donors (Lipinski definition) is 3. The third kappa shape index (κ3) is 2.03. The van der Waals surface area contributed by atoms with Gasteiger partial charge in [-0.25, -0.2) is 0 Å². The Kier molecular flexibility index (Phi) is 4.62. The minimum absolute atomic E-state index is 0. The quantitative estimate of drug-likeness (QED) is 0.366. The van der Waals surface area contributed by atoms with Crippen molar-refractivity contribution in [1.29, 1.82) is 0 Å². The Morgan fingerprint density at radius 3 is 2.50 bits per heavy atom. The summed E-state index contributed by atoms with van der Waals surface area (Å²) in [7, 11) is 0. The highest BCUT2D eigenvalue weighted by molar-refractivity contribution is 5.77. The van der Waals surface area contributed by atoms with Crippen molar-refractivity contribution in [2.45, 2.75) is 0 Å². The number of hydrazine groups is 1. The molecule has 2 aromatic rings. The van der Waals surface area contributed by atoms with E-state index in [0.29, 0.717) is 0 Å². The lowest BCUT2D eigenvalue weighted by Crippen LogP contribution is -2.02. The second-order valence-corrected chi connectivity index (χ2v) is 1.96. The highest BCUT2D eigenvalue weighted by Crippen LogP contribution is 2.06. The molecule has 1 heterocycles. The molecule has 0 saturated heterocycles. The molecule has 0 saturated carbocycles. The van der Waals surface area contributed by atoms with Crippen molar-refractivity contribution in [3.05, 3.63) is 30.5 Å². The van der Waals surface area contributed by atoms with Crippen LogP contribution >= 0.6 is 0 Å². The van der Waals surface area contributed by atoms with Crippen molar-refractivity contribution in [1.82, 2.24) is 10.2 Å². The van der Waals surface area contributed by atoms with Crippen LogP contribution in [0.1, 0.15) is 0 Å². The number of hydrogen-bond acceptors (Lipinski definition) is 3. The van der Waals surface area contributed by atoms with Crippen LogP contribution in [0.2, 0.25) is 0 Å². The zero-order chi connectivity index (χ0) is 8.10. The smallest absolute Gasteiger partial charge is 0.0650 e. The van der Waals surface area contributed by atoms with Crippen LogP contribution in [0.25, 0.3) is 10.9 Å². The Bertz CT molecular complexity index is 289. The number of para-hydroxylation sites is 1.